The molecule has 1 fully saturated rings. The van der Waals surface area contributed by atoms with E-state index in [1.165, 1.54) is 25.9 Å². The molecule has 1 aliphatic rings. The highest BCUT2D eigenvalue weighted by molar-refractivity contribution is 5.80. The molecule has 0 radical (unpaired) electrons. The van der Waals surface area contributed by atoms with Gasteiger partial charge in [-0.1, -0.05) is 0 Å². The first-order valence-electron chi connectivity index (χ1n) is 7.90. The van der Waals surface area contributed by atoms with Gasteiger partial charge in [0.05, 0.1) is 11.7 Å². The Morgan fingerprint density at radius 2 is 2.09 bits per heavy atom. The standard InChI is InChI=1S/C17H20N4O/c1-13(20-8-2-3-9-20)12-22-15-6-7-18-17-16(15)19-11-14-5-4-10-21(14)17/h4-7,10-11,13H,2-3,8-9,12H2,1H3. The van der Waals surface area contributed by atoms with Crippen LogP contribution < -0.4 is 4.74 Å². The molecule has 0 N–H and O–H groups in total. The number of hydrogen-bond acceptors (Lipinski definition) is 4. The molecule has 4 heterocycles. The highest BCUT2D eigenvalue weighted by atomic mass is 16.5. The van der Waals surface area contributed by atoms with E-state index in [0.29, 0.717) is 12.6 Å². The van der Waals surface area contributed by atoms with Gasteiger partial charge in [-0.3, -0.25) is 9.30 Å². The maximum absolute atomic E-state index is 6.06. The third kappa shape index (κ3) is 2.31. The third-order valence-electron chi connectivity index (χ3n) is 4.45. The first-order valence-corrected chi connectivity index (χ1v) is 7.90. The molecular weight excluding hydrogens is 276 g/mol. The number of fused-ring (bicyclic) bond motifs is 3. The van der Waals surface area contributed by atoms with Gasteiger partial charge in [0.2, 0.25) is 0 Å². The summed E-state index contributed by atoms with van der Waals surface area (Å²) in [5, 5.41) is 0. The lowest BCUT2D eigenvalue weighted by Gasteiger charge is -2.23. The summed E-state index contributed by atoms with van der Waals surface area (Å²) in [4.78, 5) is 11.5. The molecule has 0 bridgehead atoms. The van der Waals surface area contributed by atoms with E-state index < -0.39 is 0 Å². The van der Waals surface area contributed by atoms with E-state index >= 15 is 0 Å². The Bertz CT molecular complexity index is 792. The summed E-state index contributed by atoms with van der Waals surface area (Å²) in [5.74, 6) is 0.812. The highest BCUT2D eigenvalue weighted by Gasteiger charge is 2.19. The molecule has 114 valence electrons. The van der Waals surface area contributed by atoms with Crippen molar-refractivity contribution in [3.8, 4) is 5.75 Å². The molecule has 4 rings (SSSR count). The summed E-state index contributed by atoms with van der Waals surface area (Å²) in [6.45, 7) is 5.28. The molecule has 1 unspecified atom stereocenters. The zero-order valence-corrected chi connectivity index (χ0v) is 12.8. The Morgan fingerprint density at radius 3 is 2.95 bits per heavy atom. The molecule has 1 aliphatic heterocycles. The van der Waals surface area contributed by atoms with E-state index in [1.807, 2.05) is 35.0 Å². The van der Waals surface area contributed by atoms with Crippen LogP contribution in [0.1, 0.15) is 19.8 Å². The fraction of sp³-hybridized carbons (Fsp3) is 0.412. The molecule has 0 aliphatic carbocycles. The molecule has 0 spiro atoms. The van der Waals surface area contributed by atoms with Crippen LogP contribution in [0.2, 0.25) is 0 Å². The van der Waals surface area contributed by atoms with Crippen molar-refractivity contribution in [3.05, 3.63) is 36.8 Å². The van der Waals surface area contributed by atoms with Crippen LogP contribution in [0, 0.1) is 0 Å². The quantitative estimate of drug-likeness (QED) is 0.742. The summed E-state index contributed by atoms with van der Waals surface area (Å²) < 4.78 is 8.10. The van der Waals surface area contributed by atoms with Crippen LogP contribution >= 0.6 is 0 Å². The minimum Gasteiger partial charge on any atom is -0.489 e. The number of aromatic nitrogens is 3. The number of hydrogen-bond donors (Lipinski definition) is 0. The molecule has 0 amide bonds. The normalized spacial score (nSPS) is 17.3. The minimum absolute atomic E-state index is 0.432. The lowest BCUT2D eigenvalue weighted by molar-refractivity contribution is 0.173. The topological polar surface area (TPSA) is 42.7 Å². The van der Waals surface area contributed by atoms with Gasteiger partial charge in [0, 0.05) is 24.5 Å². The Balaban J connectivity index is 1.61. The Hall–Kier alpha value is -2.14. The van der Waals surface area contributed by atoms with Crippen LogP contribution in [0.5, 0.6) is 5.75 Å². The minimum atomic E-state index is 0.432. The van der Waals surface area contributed by atoms with Crippen LogP contribution in [0.4, 0.5) is 0 Å². The summed E-state index contributed by atoms with van der Waals surface area (Å²) in [5.41, 5.74) is 2.70. The molecule has 5 heteroatoms. The Kier molecular flexibility index (Phi) is 3.42. The van der Waals surface area contributed by atoms with Gasteiger partial charge in [-0.05, 0) is 45.0 Å². The second-order valence-electron chi connectivity index (χ2n) is 5.95. The summed E-state index contributed by atoms with van der Waals surface area (Å²) >= 11 is 0. The van der Waals surface area contributed by atoms with Crippen molar-refractivity contribution in [2.24, 2.45) is 0 Å². The zero-order chi connectivity index (χ0) is 14.9. The monoisotopic (exact) mass is 296 g/mol. The van der Waals surface area contributed by atoms with E-state index in [2.05, 4.69) is 21.8 Å². The van der Waals surface area contributed by atoms with Crippen LogP contribution in [0.3, 0.4) is 0 Å². The van der Waals surface area contributed by atoms with E-state index in [0.717, 1.165) is 22.4 Å². The van der Waals surface area contributed by atoms with Crippen LogP contribution in [0.25, 0.3) is 16.7 Å². The fourth-order valence-electron chi connectivity index (χ4n) is 3.16. The smallest absolute Gasteiger partial charge is 0.167 e. The predicted octanol–water partition coefficient (Wildman–Crippen LogP) is 2.75. The van der Waals surface area contributed by atoms with Crippen molar-refractivity contribution in [1.82, 2.24) is 19.3 Å². The third-order valence-corrected chi connectivity index (χ3v) is 4.45. The maximum atomic E-state index is 6.06. The van der Waals surface area contributed by atoms with Crippen molar-refractivity contribution in [1.29, 1.82) is 0 Å². The largest absolute Gasteiger partial charge is 0.489 e. The number of ether oxygens (including phenoxy) is 1. The summed E-state index contributed by atoms with van der Waals surface area (Å²) in [6.07, 6.45) is 8.26. The lowest BCUT2D eigenvalue weighted by Crippen LogP contribution is -2.34. The van der Waals surface area contributed by atoms with Gasteiger partial charge >= 0.3 is 0 Å². The molecule has 1 saturated heterocycles. The molecule has 0 aromatic carbocycles. The van der Waals surface area contributed by atoms with Gasteiger partial charge < -0.3 is 4.74 Å². The molecule has 3 aromatic heterocycles. The molecule has 0 saturated carbocycles. The average Bonchev–Trinajstić information content (AvgIpc) is 3.23. The van der Waals surface area contributed by atoms with Gasteiger partial charge in [0.15, 0.2) is 5.65 Å². The maximum Gasteiger partial charge on any atom is 0.167 e. The van der Waals surface area contributed by atoms with Crippen LogP contribution in [-0.4, -0.2) is 45.0 Å². The van der Waals surface area contributed by atoms with Gasteiger partial charge in [0.25, 0.3) is 0 Å². The fourth-order valence-corrected chi connectivity index (χ4v) is 3.16. The molecule has 5 nitrogen and oxygen atoms in total. The molecular formula is C17H20N4O. The van der Waals surface area contributed by atoms with E-state index in [1.54, 1.807) is 6.20 Å². The predicted molar refractivity (Wildman–Crippen MR) is 86.3 cm³/mol. The van der Waals surface area contributed by atoms with Crippen molar-refractivity contribution >= 4 is 16.7 Å². The Labute approximate surface area is 129 Å². The molecule has 1 atom stereocenters. The van der Waals surface area contributed by atoms with E-state index in [9.17, 15) is 0 Å². The summed E-state index contributed by atoms with van der Waals surface area (Å²) in [6, 6.07) is 6.36. The Morgan fingerprint density at radius 1 is 1.23 bits per heavy atom. The van der Waals surface area contributed by atoms with Gasteiger partial charge in [0.1, 0.15) is 17.9 Å². The van der Waals surface area contributed by atoms with Crippen LogP contribution in [0.15, 0.2) is 36.8 Å². The second kappa shape index (κ2) is 5.57. The van der Waals surface area contributed by atoms with E-state index in [-0.39, 0.29) is 0 Å². The number of rotatable bonds is 4. The first kappa shape index (κ1) is 13.5. The number of likely N-dealkylation sites (tertiary alicyclic amines) is 1. The van der Waals surface area contributed by atoms with Gasteiger partial charge in [-0.2, -0.15) is 0 Å². The zero-order valence-electron chi connectivity index (χ0n) is 12.8. The van der Waals surface area contributed by atoms with Gasteiger partial charge in [-0.15, -0.1) is 0 Å². The van der Waals surface area contributed by atoms with Crippen molar-refractivity contribution in [2.75, 3.05) is 19.7 Å². The number of nitrogens with zero attached hydrogens (tertiary/aromatic N) is 4. The highest BCUT2D eigenvalue weighted by Crippen LogP contribution is 2.23. The van der Waals surface area contributed by atoms with Gasteiger partial charge in [-0.25, -0.2) is 9.97 Å². The van der Waals surface area contributed by atoms with Crippen molar-refractivity contribution in [2.45, 2.75) is 25.8 Å². The summed E-state index contributed by atoms with van der Waals surface area (Å²) in [7, 11) is 0. The second-order valence-corrected chi connectivity index (χ2v) is 5.95. The number of pyridine rings is 1. The lowest BCUT2D eigenvalue weighted by atomic mass is 10.3. The van der Waals surface area contributed by atoms with Crippen LogP contribution in [-0.2, 0) is 0 Å². The van der Waals surface area contributed by atoms with Crippen molar-refractivity contribution < 1.29 is 4.74 Å². The first-order chi connectivity index (χ1) is 10.8. The molecule has 3 aromatic rings. The average molecular weight is 296 g/mol. The SMILES string of the molecule is CC(COc1ccnc2c1ncc1cccn12)N1CCCC1. The van der Waals surface area contributed by atoms with E-state index in [4.69, 9.17) is 4.74 Å². The van der Waals surface area contributed by atoms with Crippen molar-refractivity contribution in [3.63, 3.8) is 0 Å². The molecule has 22 heavy (non-hydrogen) atoms.